The minimum absolute atomic E-state index is 0.280. The Labute approximate surface area is 168 Å². The van der Waals surface area contributed by atoms with Crippen molar-refractivity contribution in [3.05, 3.63) is 48.0 Å². The van der Waals surface area contributed by atoms with Crippen LogP contribution >= 0.6 is 0 Å². The van der Waals surface area contributed by atoms with Crippen molar-refractivity contribution in [2.75, 3.05) is 42.6 Å². The number of hydrogen-bond donors (Lipinski definition) is 0. The van der Waals surface area contributed by atoms with E-state index in [-0.39, 0.29) is 5.60 Å². The van der Waals surface area contributed by atoms with Crippen molar-refractivity contribution >= 4 is 11.5 Å². The third-order valence-corrected chi connectivity index (χ3v) is 5.29. The highest BCUT2D eigenvalue weighted by molar-refractivity contribution is 5.59. The first kappa shape index (κ1) is 19.1. The summed E-state index contributed by atoms with van der Waals surface area (Å²) in [6, 6.07) is 15.4. The van der Waals surface area contributed by atoms with Gasteiger partial charge in [0.25, 0.3) is 0 Å². The first-order chi connectivity index (χ1) is 13.5. The molecule has 0 saturated carbocycles. The monoisotopic (exact) mass is 381 g/mol. The molecule has 4 rings (SSSR count). The van der Waals surface area contributed by atoms with E-state index in [1.807, 2.05) is 0 Å². The number of morpholine rings is 1. The van der Waals surface area contributed by atoms with Crippen LogP contribution in [0, 0.1) is 0 Å². The molecule has 28 heavy (non-hydrogen) atoms. The molecule has 0 unspecified atom stereocenters. The van der Waals surface area contributed by atoms with Gasteiger partial charge in [-0.25, -0.2) is 0 Å². The molecule has 150 valence electrons. The highest BCUT2D eigenvalue weighted by Crippen LogP contribution is 2.38. The van der Waals surface area contributed by atoms with Gasteiger partial charge >= 0.3 is 0 Å². The van der Waals surface area contributed by atoms with Crippen LogP contribution in [-0.2, 0) is 4.74 Å². The second-order valence-corrected chi connectivity index (χ2v) is 8.60. The summed E-state index contributed by atoms with van der Waals surface area (Å²) in [7, 11) is 0. The van der Waals surface area contributed by atoms with Gasteiger partial charge in [-0.1, -0.05) is 30.3 Å². The van der Waals surface area contributed by atoms with Crippen molar-refractivity contribution in [1.82, 2.24) is 4.98 Å². The minimum Gasteiger partial charge on any atom is -0.472 e. The van der Waals surface area contributed by atoms with E-state index in [0.717, 1.165) is 45.1 Å². The molecule has 2 aliphatic heterocycles. The van der Waals surface area contributed by atoms with E-state index in [9.17, 15) is 0 Å². The summed E-state index contributed by atoms with van der Waals surface area (Å²) >= 11 is 0. The molecule has 0 spiro atoms. The lowest BCUT2D eigenvalue weighted by atomic mass is 10.0. The Morgan fingerprint density at radius 2 is 1.79 bits per heavy atom. The Morgan fingerprint density at radius 1 is 1.04 bits per heavy atom. The smallest absolute Gasteiger partial charge is 0.217 e. The largest absolute Gasteiger partial charge is 0.472 e. The van der Waals surface area contributed by atoms with E-state index in [1.165, 1.54) is 17.7 Å². The molecule has 0 radical (unpaired) electrons. The fourth-order valence-corrected chi connectivity index (χ4v) is 4.06. The predicted octanol–water partition coefficient (Wildman–Crippen LogP) is 4.44. The van der Waals surface area contributed by atoms with Crippen molar-refractivity contribution in [2.45, 2.75) is 45.3 Å². The van der Waals surface area contributed by atoms with Gasteiger partial charge in [-0.3, -0.25) is 0 Å². The molecule has 2 fully saturated rings. The molecule has 0 aliphatic carbocycles. The van der Waals surface area contributed by atoms with E-state index in [0.29, 0.717) is 11.9 Å². The summed E-state index contributed by atoms with van der Waals surface area (Å²) in [6.07, 6.45) is 2.33. The maximum absolute atomic E-state index is 6.18. The van der Waals surface area contributed by atoms with Gasteiger partial charge in [0.1, 0.15) is 11.4 Å². The molecule has 0 bridgehead atoms. The molecule has 5 nitrogen and oxygen atoms in total. The molecular weight excluding hydrogens is 350 g/mol. The van der Waals surface area contributed by atoms with Gasteiger partial charge in [0.05, 0.1) is 19.3 Å². The fraction of sp³-hybridized carbons (Fsp3) is 0.522. The summed E-state index contributed by atoms with van der Waals surface area (Å²) in [4.78, 5) is 9.73. The molecule has 1 aromatic heterocycles. The fourth-order valence-electron chi connectivity index (χ4n) is 4.06. The van der Waals surface area contributed by atoms with Crippen LogP contribution in [0.2, 0.25) is 0 Å². The lowest BCUT2D eigenvalue weighted by Gasteiger charge is -2.32. The Kier molecular flexibility index (Phi) is 5.44. The number of hydrogen-bond acceptors (Lipinski definition) is 5. The summed E-state index contributed by atoms with van der Waals surface area (Å²) in [5.74, 6) is 1.71. The number of anilines is 2. The third kappa shape index (κ3) is 4.41. The van der Waals surface area contributed by atoms with Crippen molar-refractivity contribution < 1.29 is 9.47 Å². The molecule has 0 N–H and O–H groups in total. The van der Waals surface area contributed by atoms with Gasteiger partial charge in [-0.2, -0.15) is 4.98 Å². The summed E-state index contributed by atoms with van der Waals surface area (Å²) in [6.45, 7) is 10.6. The molecule has 3 heterocycles. The lowest BCUT2D eigenvalue weighted by molar-refractivity contribution is 0.120. The van der Waals surface area contributed by atoms with Crippen LogP contribution in [0.5, 0.6) is 5.88 Å². The van der Waals surface area contributed by atoms with Crippen LogP contribution in [0.15, 0.2) is 42.5 Å². The summed E-state index contributed by atoms with van der Waals surface area (Å²) in [5.41, 5.74) is 2.25. The number of nitrogens with zero attached hydrogens (tertiary/aromatic N) is 3. The average Bonchev–Trinajstić information content (AvgIpc) is 3.18. The standard InChI is InChI=1S/C23H31N3O2/c1-23(2,3)28-22-17-19(25-12-14-27-15-13-25)16-21(24-22)26-11-7-10-20(26)18-8-5-4-6-9-18/h4-6,8-9,16-17,20H,7,10-15H2,1-3H3/t20-/m0/s1. The third-order valence-electron chi connectivity index (χ3n) is 5.29. The molecule has 2 aromatic rings. The first-order valence-electron chi connectivity index (χ1n) is 10.3. The SMILES string of the molecule is CC(C)(C)Oc1cc(N2CCOCC2)cc(N2CCC[C@H]2c2ccccc2)n1. The molecule has 2 saturated heterocycles. The number of pyridine rings is 1. The van der Waals surface area contributed by atoms with Gasteiger partial charge in [0.2, 0.25) is 5.88 Å². The van der Waals surface area contributed by atoms with E-state index >= 15 is 0 Å². The Bertz CT molecular complexity index is 782. The second-order valence-electron chi connectivity index (χ2n) is 8.60. The van der Waals surface area contributed by atoms with E-state index in [1.54, 1.807) is 0 Å². The first-order valence-corrected chi connectivity index (χ1v) is 10.3. The lowest BCUT2D eigenvalue weighted by Crippen LogP contribution is -2.36. The van der Waals surface area contributed by atoms with Crippen LogP contribution in [0.4, 0.5) is 11.5 Å². The van der Waals surface area contributed by atoms with Crippen LogP contribution in [-0.4, -0.2) is 43.4 Å². The van der Waals surface area contributed by atoms with Gasteiger partial charge in [0.15, 0.2) is 0 Å². The van der Waals surface area contributed by atoms with E-state index < -0.39 is 0 Å². The van der Waals surface area contributed by atoms with Crippen LogP contribution in [0.1, 0.15) is 45.2 Å². The summed E-state index contributed by atoms with van der Waals surface area (Å²) in [5, 5.41) is 0. The van der Waals surface area contributed by atoms with Crippen molar-refractivity contribution in [1.29, 1.82) is 0 Å². The van der Waals surface area contributed by atoms with E-state index in [2.05, 4.69) is 73.0 Å². The van der Waals surface area contributed by atoms with Gasteiger partial charge in [0, 0.05) is 37.5 Å². The zero-order valence-electron chi connectivity index (χ0n) is 17.2. The second kappa shape index (κ2) is 8.00. The van der Waals surface area contributed by atoms with Crippen molar-refractivity contribution in [3.8, 4) is 5.88 Å². The number of aromatic nitrogens is 1. The highest BCUT2D eigenvalue weighted by atomic mass is 16.5. The number of benzene rings is 1. The molecule has 1 aromatic carbocycles. The van der Waals surface area contributed by atoms with Gasteiger partial charge in [-0.05, 0) is 39.2 Å². The number of rotatable bonds is 4. The quantitative estimate of drug-likeness (QED) is 0.783. The normalized spacial score (nSPS) is 20.5. The maximum Gasteiger partial charge on any atom is 0.217 e. The topological polar surface area (TPSA) is 37.8 Å². The van der Waals surface area contributed by atoms with Gasteiger partial charge < -0.3 is 19.3 Å². The number of ether oxygens (including phenoxy) is 2. The Hall–Kier alpha value is -2.27. The minimum atomic E-state index is -0.280. The molecule has 5 heteroatoms. The Morgan fingerprint density at radius 3 is 2.50 bits per heavy atom. The molecule has 0 amide bonds. The van der Waals surface area contributed by atoms with Crippen molar-refractivity contribution in [3.63, 3.8) is 0 Å². The molecule has 2 aliphatic rings. The van der Waals surface area contributed by atoms with Crippen LogP contribution in [0.25, 0.3) is 0 Å². The average molecular weight is 382 g/mol. The summed E-state index contributed by atoms with van der Waals surface area (Å²) < 4.78 is 11.7. The van der Waals surface area contributed by atoms with Crippen LogP contribution < -0.4 is 14.5 Å². The highest BCUT2D eigenvalue weighted by Gasteiger charge is 2.28. The molecule has 1 atom stereocenters. The zero-order chi connectivity index (χ0) is 19.6. The van der Waals surface area contributed by atoms with Crippen LogP contribution in [0.3, 0.4) is 0 Å². The van der Waals surface area contributed by atoms with E-state index in [4.69, 9.17) is 14.5 Å². The van der Waals surface area contributed by atoms with Gasteiger partial charge in [-0.15, -0.1) is 0 Å². The zero-order valence-corrected chi connectivity index (χ0v) is 17.2. The maximum atomic E-state index is 6.18. The predicted molar refractivity (Wildman–Crippen MR) is 113 cm³/mol. The molecular formula is C23H31N3O2. The Balaban J connectivity index is 1.69. The van der Waals surface area contributed by atoms with Crippen molar-refractivity contribution in [2.24, 2.45) is 0 Å².